The normalized spacial score (nSPS) is 11.0. The van der Waals surface area contributed by atoms with Gasteiger partial charge in [-0.2, -0.15) is 0 Å². The average molecular weight is 316 g/mol. The lowest BCUT2D eigenvalue weighted by Gasteiger charge is -2.25. The molecule has 0 N–H and O–H groups in total. The molecule has 1 amide bonds. The van der Waals surface area contributed by atoms with Gasteiger partial charge >= 0.3 is 6.09 Å². The quantitative estimate of drug-likeness (QED) is 0.765. The topological polar surface area (TPSA) is 42.4 Å². The third-order valence-electron chi connectivity index (χ3n) is 2.72. The Morgan fingerprint density at radius 2 is 2.05 bits per heavy atom. The van der Waals surface area contributed by atoms with Gasteiger partial charge in [0, 0.05) is 17.5 Å². The number of carbonyl (C=O) groups excluding carboxylic acids is 1. The molecular weight excluding hydrogens is 296 g/mol. The number of thiazole rings is 1. The van der Waals surface area contributed by atoms with Gasteiger partial charge in [-0.15, -0.1) is 17.9 Å². The molecule has 116 valence electrons. The average Bonchev–Trinajstić information content (AvgIpc) is 2.93. The standard InChI is InChI=1S/C17H20N2O2S/c1-5-11-19(16(20)21-17(2,3)4)15-18-14(12-22-15)13-9-7-6-8-10-13/h5-10,12H,1,11H2,2-4H3. The van der Waals surface area contributed by atoms with Crippen molar-refractivity contribution < 1.29 is 9.53 Å². The molecule has 0 spiro atoms. The molecule has 0 atom stereocenters. The molecule has 0 saturated carbocycles. The summed E-state index contributed by atoms with van der Waals surface area (Å²) in [6.07, 6.45) is 1.24. The number of aromatic nitrogens is 1. The summed E-state index contributed by atoms with van der Waals surface area (Å²) in [5, 5.41) is 2.54. The number of benzene rings is 1. The molecule has 1 heterocycles. The highest BCUT2D eigenvalue weighted by Gasteiger charge is 2.24. The van der Waals surface area contributed by atoms with Crippen LogP contribution >= 0.6 is 11.3 Å². The molecule has 1 aromatic carbocycles. The number of ether oxygens (including phenoxy) is 1. The van der Waals surface area contributed by atoms with E-state index in [0.717, 1.165) is 11.3 Å². The Hall–Kier alpha value is -2.14. The lowest BCUT2D eigenvalue weighted by atomic mass is 10.2. The fraction of sp³-hybridized carbons (Fsp3) is 0.294. The SMILES string of the molecule is C=CCN(C(=O)OC(C)(C)C)c1nc(-c2ccccc2)cs1. The van der Waals surface area contributed by atoms with Crippen LogP contribution in [0.15, 0.2) is 48.4 Å². The Labute approximate surface area is 135 Å². The van der Waals surface area contributed by atoms with Crippen LogP contribution in [-0.2, 0) is 4.74 Å². The molecule has 5 heteroatoms. The number of nitrogens with zero attached hydrogens (tertiary/aromatic N) is 2. The van der Waals surface area contributed by atoms with Crippen LogP contribution in [0.2, 0.25) is 0 Å². The summed E-state index contributed by atoms with van der Waals surface area (Å²) in [6.45, 7) is 9.58. The van der Waals surface area contributed by atoms with Crippen molar-refractivity contribution in [2.45, 2.75) is 26.4 Å². The van der Waals surface area contributed by atoms with Crippen LogP contribution in [0, 0.1) is 0 Å². The van der Waals surface area contributed by atoms with Crippen LogP contribution in [0.25, 0.3) is 11.3 Å². The molecule has 0 bridgehead atoms. The van der Waals surface area contributed by atoms with Gasteiger partial charge in [0.15, 0.2) is 5.13 Å². The fourth-order valence-electron chi connectivity index (χ4n) is 1.81. The van der Waals surface area contributed by atoms with Crippen molar-refractivity contribution in [2.24, 2.45) is 0 Å². The predicted molar refractivity (Wildman–Crippen MR) is 91.3 cm³/mol. The molecule has 0 aliphatic rings. The lowest BCUT2D eigenvalue weighted by Crippen LogP contribution is -2.36. The highest BCUT2D eigenvalue weighted by molar-refractivity contribution is 7.14. The van der Waals surface area contributed by atoms with Crippen molar-refractivity contribution >= 4 is 22.6 Å². The van der Waals surface area contributed by atoms with Crippen LogP contribution in [-0.4, -0.2) is 23.2 Å². The Kier molecular flexibility index (Phi) is 4.98. The summed E-state index contributed by atoms with van der Waals surface area (Å²) < 4.78 is 5.43. The van der Waals surface area contributed by atoms with E-state index >= 15 is 0 Å². The van der Waals surface area contributed by atoms with E-state index in [1.165, 1.54) is 16.2 Å². The number of amides is 1. The summed E-state index contributed by atoms with van der Waals surface area (Å²) in [5.74, 6) is 0. The van der Waals surface area contributed by atoms with E-state index in [9.17, 15) is 4.79 Å². The largest absolute Gasteiger partial charge is 0.443 e. The summed E-state index contributed by atoms with van der Waals surface area (Å²) in [7, 11) is 0. The van der Waals surface area contributed by atoms with E-state index in [1.54, 1.807) is 6.08 Å². The van der Waals surface area contributed by atoms with Crippen LogP contribution in [0.4, 0.5) is 9.93 Å². The van der Waals surface area contributed by atoms with Gasteiger partial charge in [-0.25, -0.2) is 14.7 Å². The third-order valence-corrected chi connectivity index (χ3v) is 3.58. The minimum atomic E-state index is -0.546. The first-order chi connectivity index (χ1) is 10.4. The first-order valence-electron chi connectivity index (χ1n) is 7.03. The van der Waals surface area contributed by atoms with Crippen LogP contribution in [0.1, 0.15) is 20.8 Å². The summed E-state index contributed by atoms with van der Waals surface area (Å²) >= 11 is 1.41. The van der Waals surface area contributed by atoms with Gasteiger partial charge in [0.05, 0.1) is 5.69 Å². The van der Waals surface area contributed by atoms with Crippen molar-refractivity contribution in [3.63, 3.8) is 0 Å². The second-order valence-electron chi connectivity index (χ2n) is 5.76. The Balaban J connectivity index is 2.24. The van der Waals surface area contributed by atoms with Crippen molar-refractivity contribution in [2.75, 3.05) is 11.4 Å². The lowest BCUT2D eigenvalue weighted by molar-refractivity contribution is 0.0584. The van der Waals surface area contributed by atoms with Crippen LogP contribution in [0.3, 0.4) is 0 Å². The second-order valence-corrected chi connectivity index (χ2v) is 6.60. The van der Waals surface area contributed by atoms with E-state index in [1.807, 2.05) is 56.5 Å². The smallest absolute Gasteiger partial charge is 0.416 e. The zero-order chi connectivity index (χ0) is 16.2. The highest BCUT2D eigenvalue weighted by Crippen LogP contribution is 2.28. The molecule has 0 aliphatic heterocycles. The molecule has 4 nitrogen and oxygen atoms in total. The Morgan fingerprint density at radius 3 is 2.64 bits per heavy atom. The van der Waals surface area contributed by atoms with E-state index in [4.69, 9.17) is 4.74 Å². The van der Waals surface area contributed by atoms with Crippen molar-refractivity contribution in [3.05, 3.63) is 48.4 Å². The van der Waals surface area contributed by atoms with E-state index in [0.29, 0.717) is 11.7 Å². The van der Waals surface area contributed by atoms with Gasteiger partial charge in [0.2, 0.25) is 0 Å². The summed E-state index contributed by atoms with van der Waals surface area (Å²) in [4.78, 5) is 18.4. The first kappa shape index (κ1) is 16.2. The van der Waals surface area contributed by atoms with Gasteiger partial charge in [-0.1, -0.05) is 36.4 Å². The molecule has 22 heavy (non-hydrogen) atoms. The van der Waals surface area contributed by atoms with Crippen LogP contribution in [0.5, 0.6) is 0 Å². The Bertz CT molecular complexity index is 644. The molecule has 1 aromatic heterocycles. The minimum absolute atomic E-state index is 0.358. The van der Waals surface area contributed by atoms with Crippen LogP contribution < -0.4 is 4.90 Å². The van der Waals surface area contributed by atoms with Crippen molar-refractivity contribution in [1.82, 2.24) is 4.98 Å². The molecule has 0 unspecified atom stereocenters. The fourth-order valence-corrected chi connectivity index (χ4v) is 2.64. The van der Waals surface area contributed by atoms with Crippen molar-refractivity contribution in [1.29, 1.82) is 0 Å². The monoisotopic (exact) mass is 316 g/mol. The molecule has 2 aromatic rings. The zero-order valence-corrected chi connectivity index (χ0v) is 13.9. The maximum absolute atomic E-state index is 12.3. The molecule has 0 radical (unpaired) electrons. The van der Waals surface area contributed by atoms with E-state index < -0.39 is 11.7 Å². The minimum Gasteiger partial charge on any atom is -0.443 e. The first-order valence-corrected chi connectivity index (χ1v) is 7.91. The van der Waals surface area contributed by atoms with Gasteiger partial charge in [0.1, 0.15) is 5.60 Å². The number of hydrogen-bond acceptors (Lipinski definition) is 4. The number of hydrogen-bond donors (Lipinski definition) is 0. The number of rotatable bonds is 4. The van der Waals surface area contributed by atoms with Crippen molar-refractivity contribution in [3.8, 4) is 11.3 Å². The van der Waals surface area contributed by atoms with Gasteiger partial charge in [-0.3, -0.25) is 0 Å². The molecule has 0 aliphatic carbocycles. The summed E-state index contributed by atoms with van der Waals surface area (Å²) in [6, 6.07) is 9.86. The molecular formula is C17H20N2O2S. The van der Waals surface area contributed by atoms with Gasteiger partial charge in [0.25, 0.3) is 0 Å². The Morgan fingerprint density at radius 1 is 1.36 bits per heavy atom. The second kappa shape index (κ2) is 6.75. The molecule has 0 fully saturated rings. The van der Waals surface area contributed by atoms with Gasteiger partial charge < -0.3 is 4.74 Å². The summed E-state index contributed by atoms with van der Waals surface area (Å²) in [5.41, 5.74) is 1.32. The van der Waals surface area contributed by atoms with E-state index in [2.05, 4.69) is 11.6 Å². The maximum Gasteiger partial charge on any atom is 0.416 e. The number of anilines is 1. The maximum atomic E-state index is 12.3. The third kappa shape index (κ3) is 4.18. The van der Waals surface area contributed by atoms with Gasteiger partial charge in [-0.05, 0) is 20.8 Å². The highest BCUT2D eigenvalue weighted by atomic mass is 32.1. The number of carbonyl (C=O) groups is 1. The molecule has 0 saturated heterocycles. The molecule has 2 rings (SSSR count). The van der Waals surface area contributed by atoms with E-state index in [-0.39, 0.29) is 0 Å². The predicted octanol–water partition coefficient (Wildman–Crippen LogP) is 4.74. The zero-order valence-electron chi connectivity index (χ0n) is 13.1.